The molecule has 0 bridgehead atoms. The predicted molar refractivity (Wildman–Crippen MR) is 49.4 cm³/mol. The minimum absolute atomic E-state index is 0.334. The van der Waals surface area contributed by atoms with Crippen LogP contribution in [-0.2, 0) is 10.0 Å². The van der Waals surface area contributed by atoms with Crippen molar-refractivity contribution in [3.8, 4) is 0 Å². The lowest BCUT2D eigenvalue weighted by atomic mass is 10.1. The highest BCUT2D eigenvalue weighted by Gasteiger charge is 2.21. The summed E-state index contributed by atoms with van der Waals surface area (Å²) >= 11 is 0. The maximum atomic E-state index is 11.3. The predicted octanol–water partition coefficient (Wildman–Crippen LogP) is 1.12. The molecule has 72 valence electrons. The third-order valence-corrected chi connectivity index (χ3v) is 3.93. The van der Waals surface area contributed by atoms with Crippen molar-refractivity contribution in [3.63, 3.8) is 0 Å². The average Bonchev–Trinajstić information content (AvgIpc) is 2.38. The maximum Gasteiger partial charge on any atom is 0.211 e. The largest absolute Gasteiger partial charge is 0.216 e. The van der Waals surface area contributed by atoms with E-state index in [1.54, 1.807) is 0 Å². The van der Waals surface area contributed by atoms with Crippen molar-refractivity contribution < 1.29 is 8.42 Å². The van der Waals surface area contributed by atoms with Gasteiger partial charge in [0.15, 0.2) is 0 Å². The van der Waals surface area contributed by atoms with Crippen LogP contribution < -0.4 is 4.72 Å². The van der Waals surface area contributed by atoms with E-state index in [1.807, 2.05) is 6.92 Å². The molecule has 0 spiro atoms. The van der Waals surface area contributed by atoms with Crippen molar-refractivity contribution in [2.75, 3.05) is 12.3 Å². The van der Waals surface area contributed by atoms with E-state index in [-0.39, 0.29) is 0 Å². The summed E-state index contributed by atoms with van der Waals surface area (Å²) in [5.41, 5.74) is 0. The number of sulfonamides is 1. The molecule has 0 saturated heterocycles. The molecule has 1 aliphatic rings. The van der Waals surface area contributed by atoms with E-state index in [0.29, 0.717) is 18.2 Å². The van der Waals surface area contributed by atoms with Gasteiger partial charge in [0.2, 0.25) is 10.0 Å². The summed E-state index contributed by atoms with van der Waals surface area (Å²) in [6, 6.07) is 0. The van der Waals surface area contributed by atoms with E-state index in [9.17, 15) is 8.42 Å². The fraction of sp³-hybridized carbons (Fsp3) is 1.00. The molecule has 1 fully saturated rings. The Morgan fingerprint density at radius 1 is 1.33 bits per heavy atom. The van der Waals surface area contributed by atoms with Gasteiger partial charge in [0.25, 0.3) is 0 Å². The molecule has 1 saturated carbocycles. The zero-order chi connectivity index (χ0) is 9.03. The monoisotopic (exact) mass is 191 g/mol. The van der Waals surface area contributed by atoms with Crippen molar-refractivity contribution in [2.24, 2.45) is 5.92 Å². The molecule has 1 N–H and O–H groups in total. The molecule has 1 aliphatic carbocycles. The molecule has 0 atom stereocenters. The second-order valence-electron chi connectivity index (χ2n) is 3.43. The van der Waals surface area contributed by atoms with E-state index in [2.05, 4.69) is 4.72 Å². The first kappa shape index (κ1) is 9.99. The zero-order valence-corrected chi connectivity index (χ0v) is 8.36. The molecule has 0 aliphatic heterocycles. The van der Waals surface area contributed by atoms with Gasteiger partial charge in [-0.15, -0.1) is 0 Å². The Balaban J connectivity index is 2.38. The molecular formula is C8H17NO2S. The Kier molecular flexibility index (Phi) is 3.53. The molecule has 0 aromatic carbocycles. The fourth-order valence-electron chi connectivity index (χ4n) is 1.77. The molecule has 4 heteroatoms. The van der Waals surface area contributed by atoms with Gasteiger partial charge >= 0.3 is 0 Å². The summed E-state index contributed by atoms with van der Waals surface area (Å²) < 4.78 is 25.1. The third-order valence-electron chi connectivity index (χ3n) is 2.29. The van der Waals surface area contributed by atoms with Gasteiger partial charge in [-0.05, 0) is 18.8 Å². The standard InChI is InChI=1S/C8H17NO2S/c1-2-9-12(10,11)7-8-5-3-4-6-8/h8-9H,2-7H2,1H3. The highest BCUT2D eigenvalue weighted by Crippen LogP contribution is 2.25. The summed E-state index contributed by atoms with van der Waals surface area (Å²) in [5, 5.41) is 0. The van der Waals surface area contributed by atoms with E-state index in [1.165, 1.54) is 12.8 Å². The smallest absolute Gasteiger partial charge is 0.211 e. The van der Waals surface area contributed by atoms with Gasteiger partial charge < -0.3 is 0 Å². The third kappa shape index (κ3) is 3.11. The minimum Gasteiger partial charge on any atom is -0.216 e. The van der Waals surface area contributed by atoms with Crippen molar-refractivity contribution >= 4 is 10.0 Å². The van der Waals surface area contributed by atoms with Crippen LogP contribution in [-0.4, -0.2) is 20.7 Å². The number of rotatable bonds is 4. The first-order chi connectivity index (χ1) is 5.64. The molecule has 0 heterocycles. The van der Waals surface area contributed by atoms with Crippen molar-refractivity contribution in [3.05, 3.63) is 0 Å². The van der Waals surface area contributed by atoms with Gasteiger partial charge in [0.05, 0.1) is 5.75 Å². The first-order valence-electron chi connectivity index (χ1n) is 4.61. The highest BCUT2D eigenvalue weighted by atomic mass is 32.2. The zero-order valence-electron chi connectivity index (χ0n) is 7.54. The molecular weight excluding hydrogens is 174 g/mol. The molecule has 1 rings (SSSR count). The van der Waals surface area contributed by atoms with Gasteiger partial charge in [-0.1, -0.05) is 19.8 Å². The highest BCUT2D eigenvalue weighted by molar-refractivity contribution is 7.89. The Hall–Kier alpha value is -0.0900. The Morgan fingerprint density at radius 2 is 1.92 bits per heavy atom. The van der Waals surface area contributed by atoms with E-state index < -0.39 is 10.0 Å². The summed E-state index contributed by atoms with van der Waals surface area (Å²) in [5.74, 6) is 0.745. The lowest BCUT2D eigenvalue weighted by Gasteiger charge is -2.09. The summed E-state index contributed by atoms with van der Waals surface area (Å²) in [6.07, 6.45) is 4.58. The van der Waals surface area contributed by atoms with Crippen LogP contribution in [0.25, 0.3) is 0 Å². The van der Waals surface area contributed by atoms with E-state index in [0.717, 1.165) is 12.8 Å². The SMILES string of the molecule is CCNS(=O)(=O)CC1CCCC1. The van der Waals surface area contributed by atoms with Crippen LogP contribution in [0, 0.1) is 5.92 Å². The van der Waals surface area contributed by atoms with Crippen LogP contribution in [0.4, 0.5) is 0 Å². The summed E-state index contributed by atoms with van der Waals surface area (Å²) in [7, 11) is -2.97. The Labute approximate surface area is 74.6 Å². The van der Waals surface area contributed by atoms with Crippen LogP contribution in [0.2, 0.25) is 0 Å². The second kappa shape index (κ2) is 4.23. The van der Waals surface area contributed by atoms with Crippen molar-refractivity contribution in [1.82, 2.24) is 4.72 Å². The number of nitrogens with one attached hydrogen (secondary N) is 1. The lowest BCUT2D eigenvalue weighted by molar-refractivity contribution is 0.549. The lowest BCUT2D eigenvalue weighted by Crippen LogP contribution is -2.28. The fourth-order valence-corrected chi connectivity index (χ4v) is 3.28. The first-order valence-corrected chi connectivity index (χ1v) is 6.26. The maximum absolute atomic E-state index is 11.3. The van der Waals surface area contributed by atoms with Gasteiger partial charge in [-0.3, -0.25) is 0 Å². The molecule has 0 unspecified atom stereocenters. The van der Waals surface area contributed by atoms with Crippen LogP contribution >= 0.6 is 0 Å². The Morgan fingerprint density at radius 3 is 2.42 bits per heavy atom. The summed E-state index contributed by atoms with van der Waals surface area (Å²) in [6.45, 7) is 2.32. The van der Waals surface area contributed by atoms with E-state index >= 15 is 0 Å². The van der Waals surface area contributed by atoms with Gasteiger partial charge in [-0.2, -0.15) is 0 Å². The Bertz CT molecular complexity index is 217. The molecule has 0 amide bonds. The number of hydrogen-bond donors (Lipinski definition) is 1. The van der Waals surface area contributed by atoms with Crippen LogP contribution in [0.3, 0.4) is 0 Å². The van der Waals surface area contributed by atoms with Crippen molar-refractivity contribution in [2.45, 2.75) is 32.6 Å². The van der Waals surface area contributed by atoms with Gasteiger partial charge in [0.1, 0.15) is 0 Å². The molecule has 0 aromatic heterocycles. The summed E-state index contributed by atoms with van der Waals surface area (Å²) in [4.78, 5) is 0. The van der Waals surface area contributed by atoms with E-state index in [4.69, 9.17) is 0 Å². The molecule has 0 radical (unpaired) electrons. The minimum atomic E-state index is -2.97. The number of hydrogen-bond acceptors (Lipinski definition) is 2. The molecule has 3 nitrogen and oxygen atoms in total. The van der Waals surface area contributed by atoms with Gasteiger partial charge in [-0.25, -0.2) is 13.1 Å². The van der Waals surface area contributed by atoms with Crippen LogP contribution in [0.5, 0.6) is 0 Å². The quantitative estimate of drug-likeness (QED) is 0.723. The average molecular weight is 191 g/mol. The van der Waals surface area contributed by atoms with Crippen LogP contribution in [0.15, 0.2) is 0 Å². The normalized spacial score (nSPS) is 20.1. The van der Waals surface area contributed by atoms with Gasteiger partial charge in [0, 0.05) is 6.54 Å². The topological polar surface area (TPSA) is 46.2 Å². The van der Waals surface area contributed by atoms with Crippen LogP contribution in [0.1, 0.15) is 32.6 Å². The molecule has 0 aromatic rings. The molecule has 12 heavy (non-hydrogen) atoms. The van der Waals surface area contributed by atoms with Crippen molar-refractivity contribution in [1.29, 1.82) is 0 Å². The second-order valence-corrected chi connectivity index (χ2v) is 5.28.